The van der Waals surface area contributed by atoms with Gasteiger partial charge in [-0.25, -0.2) is 4.98 Å². The Bertz CT molecular complexity index is 1160. The SMILES string of the molecule is Cc1ccc(-n2nccn2)c(N2CCC[C@@]2(C)c2nc3cc(Cl)c(C)cc3[nH]2)c1. The highest BCUT2D eigenvalue weighted by molar-refractivity contribution is 6.32. The molecule has 0 saturated carbocycles. The number of nitrogens with zero attached hydrogens (tertiary/aromatic N) is 5. The van der Waals surface area contributed by atoms with Crippen LogP contribution < -0.4 is 4.90 Å². The Labute approximate surface area is 174 Å². The summed E-state index contributed by atoms with van der Waals surface area (Å²) < 4.78 is 0. The summed E-state index contributed by atoms with van der Waals surface area (Å²) in [6.07, 6.45) is 5.52. The molecule has 2 aromatic heterocycles. The molecule has 6 nitrogen and oxygen atoms in total. The van der Waals surface area contributed by atoms with Crippen molar-refractivity contribution in [2.75, 3.05) is 11.4 Å². The van der Waals surface area contributed by atoms with E-state index in [0.29, 0.717) is 0 Å². The van der Waals surface area contributed by atoms with Crippen molar-refractivity contribution in [3.8, 4) is 5.69 Å². The molecule has 2 aromatic carbocycles. The first-order chi connectivity index (χ1) is 14.0. The maximum atomic E-state index is 6.33. The molecular formula is C22H23ClN6. The molecule has 1 N–H and O–H groups in total. The normalized spacial score (nSPS) is 19.4. The van der Waals surface area contributed by atoms with Gasteiger partial charge in [0.25, 0.3) is 0 Å². The van der Waals surface area contributed by atoms with Crippen LogP contribution in [-0.2, 0) is 5.54 Å². The standard InChI is InChI=1S/C22H23ClN6/c1-14-5-6-19(29-24-8-9-25-29)20(11-14)28-10-4-7-22(28,3)21-26-17-12-15(2)16(23)13-18(17)27-21/h5-6,8-9,11-13H,4,7,10H2,1-3H3,(H,26,27)/t22-/m0/s1. The largest absolute Gasteiger partial charge is 0.357 e. The first-order valence-electron chi connectivity index (χ1n) is 9.87. The lowest BCUT2D eigenvalue weighted by Gasteiger charge is -2.36. The van der Waals surface area contributed by atoms with Crippen LogP contribution in [0.2, 0.25) is 5.02 Å². The van der Waals surface area contributed by atoms with Gasteiger partial charge in [0.2, 0.25) is 0 Å². The van der Waals surface area contributed by atoms with Gasteiger partial charge in [-0.15, -0.1) is 4.80 Å². The number of rotatable bonds is 3. The van der Waals surface area contributed by atoms with Gasteiger partial charge in [-0.1, -0.05) is 17.7 Å². The minimum Gasteiger partial charge on any atom is -0.357 e. The predicted molar refractivity (Wildman–Crippen MR) is 116 cm³/mol. The Kier molecular flexibility index (Phi) is 4.13. The average molecular weight is 407 g/mol. The number of aromatic amines is 1. The smallest absolute Gasteiger partial charge is 0.132 e. The van der Waals surface area contributed by atoms with E-state index >= 15 is 0 Å². The minimum atomic E-state index is -0.255. The van der Waals surface area contributed by atoms with Gasteiger partial charge < -0.3 is 9.88 Å². The van der Waals surface area contributed by atoms with E-state index in [0.717, 1.165) is 58.2 Å². The molecule has 5 rings (SSSR count). The number of benzene rings is 2. The molecule has 0 radical (unpaired) electrons. The lowest BCUT2D eigenvalue weighted by Crippen LogP contribution is -2.40. The van der Waals surface area contributed by atoms with E-state index in [4.69, 9.17) is 16.6 Å². The third kappa shape index (κ3) is 2.90. The zero-order chi connectivity index (χ0) is 20.2. The Morgan fingerprint density at radius 1 is 1.07 bits per heavy atom. The fraction of sp³-hybridized carbons (Fsp3) is 0.318. The summed E-state index contributed by atoms with van der Waals surface area (Å²) in [5.41, 5.74) is 6.02. The number of aromatic nitrogens is 5. The third-order valence-corrected chi connectivity index (χ3v) is 6.38. The molecule has 1 saturated heterocycles. The van der Waals surface area contributed by atoms with Crippen LogP contribution in [0.3, 0.4) is 0 Å². The molecule has 7 heteroatoms. The van der Waals surface area contributed by atoms with Crippen molar-refractivity contribution in [3.63, 3.8) is 0 Å². The summed E-state index contributed by atoms with van der Waals surface area (Å²) in [6, 6.07) is 10.4. The van der Waals surface area contributed by atoms with Crippen molar-refractivity contribution in [1.82, 2.24) is 25.0 Å². The zero-order valence-electron chi connectivity index (χ0n) is 16.8. The Balaban J connectivity index is 1.65. The maximum absolute atomic E-state index is 6.33. The number of nitrogens with one attached hydrogen (secondary N) is 1. The summed E-state index contributed by atoms with van der Waals surface area (Å²) in [4.78, 5) is 12.6. The van der Waals surface area contributed by atoms with E-state index in [2.05, 4.69) is 58.2 Å². The Morgan fingerprint density at radius 2 is 1.86 bits per heavy atom. The number of H-pyrrole nitrogens is 1. The van der Waals surface area contributed by atoms with Crippen LogP contribution in [-0.4, -0.2) is 31.5 Å². The topological polar surface area (TPSA) is 62.6 Å². The second kappa shape index (κ2) is 6.59. The van der Waals surface area contributed by atoms with Crippen molar-refractivity contribution in [2.24, 2.45) is 0 Å². The van der Waals surface area contributed by atoms with E-state index in [1.807, 2.05) is 13.0 Å². The maximum Gasteiger partial charge on any atom is 0.132 e. The molecule has 29 heavy (non-hydrogen) atoms. The highest BCUT2D eigenvalue weighted by Crippen LogP contribution is 2.43. The molecule has 4 aromatic rings. The van der Waals surface area contributed by atoms with Crippen molar-refractivity contribution in [2.45, 2.75) is 39.2 Å². The molecule has 1 fully saturated rings. The first-order valence-corrected chi connectivity index (χ1v) is 10.2. The van der Waals surface area contributed by atoms with Gasteiger partial charge in [-0.3, -0.25) is 0 Å². The van der Waals surface area contributed by atoms with E-state index in [-0.39, 0.29) is 5.54 Å². The van der Waals surface area contributed by atoms with Gasteiger partial charge in [0.15, 0.2) is 0 Å². The third-order valence-electron chi connectivity index (χ3n) is 5.97. The first kappa shape index (κ1) is 18.2. The summed E-state index contributed by atoms with van der Waals surface area (Å²) in [6.45, 7) is 7.34. The van der Waals surface area contributed by atoms with Crippen LogP contribution >= 0.6 is 11.6 Å². The second-order valence-corrected chi connectivity index (χ2v) is 8.45. The van der Waals surface area contributed by atoms with Crippen LogP contribution in [0.15, 0.2) is 42.7 Å². The van der Waals surface area contributed by atoms with Gasteiger partial charge in [0, 0.05) is 11.6 Å². The van der Waals surface area contributed by atoms with Crippen LogP contribution in [0.5, 0.6) is 0 Å². The molecule has 1 aliphatic rings. The van der Waals surface area contributed by atoms with Crippen molar-refractivity contribution >= 4 is 28.3 Å². The number of aryl methyl sites for hydroxylation is 2. The number of fused-ring (bicyclic) bond motifs is 1. The average Bonchev–Trinajstić information content (AvgIpc) is 3.42. The van der Waals surface area contributed by atoms with Crippen molar-refractivity contribution in [1.29, 1.82) is 0 Å². The highest BCUT2D eigenvalue weighted by Gasteiger charge is 2.42. The predicted octanol–water partition coefficient (Wildman–Crippen LogP) is 4.93. The van der Waals surface area contributed by atoms with Crippen molar-refractivity contribution < 1.29 is 0 Å². The fourth-order valence-corrected chi connectivity index (χ4v) is 4.51. The van der Waals surface area contributed by atoms with E-state index in [9.17, 15) is 0 Å². The molecule has 0 aliphatic carbocycles. The second-order valence-electron chi connectivity index (χ2n) is 8.04. The molecule has 0 unspecified atom stereocenters. The van der Waals surface area contributed by atoms with Crippen LogP contribution in [0.4, 0.5) is 5.69 Å². The lowest BCUT2D eigenvalue weighted by atomic mass is 9.97. The minimum absolute atomic E-state index is 0.255. The van der Waals surface area contributed by atoms with Crippen LogP contribution in [0.1, 0.15) is 36.7 Å². The quantitative estimate of drug-likeness (QED) is 0.524. The zero-order valence-corrected chi connectivity index (χ0v) is 17.5. The monoisotopic (exact) mass is 406 g/mol. The summed E-state index contributed by atoms with van der Waals surface area (Å²) in [5.74, 6) is 0.965. The van der Waals surface area contributed by atoms with Crippen LogP contribution in [0.25, 0.3) is 16.7 Å². The summed E-state index contributed by atoms with van der Waals surface area (Å²) in [7, 11) is 0. The Hall–Kier alpha value is -2.86. The van der Waals surface area contributed by atoms with Gasteiger partial charge >= 0.3 is 0 Å². The van der Waals surface area contributed by atoms with Crippen molar-refractivity contribution in [3.05, 3.63) is 64.7 Å². The van der Waals surface area contributed by atoms with Gasteiger partial charge in [-0.2, -0.15) is 10.2 Å². The summed E-state index contributed by atoms with van der Waals surface area (Å²) in [5, 5.41) is 9.47. The molecule has 0 spiro atoms. The molecule has 148 valence electrons. The molecule has 3 heterocycles. The highest BCUT2D eigenvalue weighted by atomic mass is 35.5. The van der Waals surface area contributed by atoms with E-state index in [1.54, 1.807) is 17.2 Å². The molecular weight excluding hydrogens is 384 g/mol. The van der Waals surface area contributed by atoms with Gasteiger partial charge in [0.05, 0.1) is 34.7 Å². The number of hydrogen-bond donors (Lipinski definition) is 1. The molecule has 0 bridgehead atoms. The van der Waals surface area contributed by atoms with E-state index in [1.165, 1.54) is 5.56 Å². The van der Waals surface area contributed by atoms with E-state index < -0.39 is 0 Å². The van der Waals surface area contributed by atoms with Crippen LogP contribution in [0, 0.1) is 13.8 Å². The molecule has 0 amide bonds. The number of halogens is 1. The fourth-order valence-electron chi connectivity index (χ4n) is 4.35. The van der Waals surface area contributed by atoms with Gasteiger partial charge in [0.1, 0.15) is 11.5 Å². The molecule has 1 atom stereocenters. The number of hydrogen-bond acceptors (Lipinski definition) is 4. The van der Waals surface area contributed by atoms with Gasteiger partial charge in [-0.05, 0) is 69.0 Å². The number of imidazole rings is 1. The Morgan fingerprint density at radius 3 is 2.66 bits per heavy atom. The summed E-state index contributed by atoms with van der Waals surface area (Å²) >= 11 is 6.33. The lowest BCUT2D eigenvalue weighted by molar-refractivity contribution is 0.466. The number of anilines is 1. The molecule has 1 aliphatic heterocycles.